The molecule has 0 saturated heterocycles. The molecule has 0 spiro atoms. The Kier molecular flexibility index (Phi) is 46.8. The number of allylic oxidation sites excluding steroid dienone is 4. The molecule has 1 unspecified atom stereocenters. The Morgan fingerprint density at radius 3 is 0.881 bits per heavy atom. The van der Waals surface area contributed by atoms with E-state index in [1.165, 1.54) is 173 Å². The second kappa shape index (κ2) is 48.6. The average molecular weight is 831 g/mol. The number of hydrogen-bond donors (Lipinski definition) is 0. The van der Waals surface area contributed by atoms with Gasteiger partial charge < -0.3 is 14.2 Å². The van der Waals surface area contributed by atoms with Crippen LogP contribution in [0.2, 0.25) is 0 Å². The van der Waals surface area contributed by atoms with Gasteiger partial charge >= 0.3 is 17.9 Å². The lowest BCUT2D eigenvalue weighted by molar-refractivity contribution is -0.167. The predicted molar refractivity (Wildman–Crippen MR) is 252 cm³/mol. The van der Waals surface area contributed by atoms with Crippen LogP contribution in [0.4, 0.5) is 0 Å². The Balaban J connectivity index is 4.31. The fourth-order valence-electron chi connectivity index (χ4n) is 7.49. The summed E-state index contributed by atoms with van der Waals surface area (Å²) in [5.74, 6) is -0.876. The van der Waals surface area contributed by atoms with E-state index in [4.69, 9.17) is 14.2 Å². The van der Waals surface area contributed by atoms with Crippen LogP contribution in [0.1, 0.15) is 278 Å². The summed E-state index contributed by atoms with van der Waals surface area (Å²) in [4.78, 5) is 37.9. The largest absolute Gasteiger partial charge is 0.462 e. The number of esters is 3. The quantitative estimate of drug-likeness (QED) is 0.0263. The monoisotopic (exact) mass is 831 g/mol. The first-order chi connectivity index (χ1) is 29.0. The van der Waals surface area contributed by atoms with E-state index in [9.17, 15) is 14.4 Å². The van der Waals surface area contributed by atoms with Gasteiger partial charge in [-0.2, -0.15) is 0 Å². The first-order valence-electron chi connectivity index (χ1n) is 25.8. The summed E-state index contributed by atoms with van der Waals surface area (Å²) >= 11 is 0. The Bertz CT molecular complexity index is 958. The Morgan fingerprint density at radius 1 is 0.322 bits per heavy atom. The van der Waals surface area contributed by atoms with Crippen LogP contribution < -0.4 is 0 Å². The maximum absolute atomic E-state index is 12.7. The highest BCUT2D eigenvalue weighted by Gasteiger charge is 2.19. The number of unbranched alkanes of at least 4 members (excludes halogenated alkanes) is 32. The van der Waals surface area contributed by atoms with E-state index in [1.807, 2.05) is 0 Å². The molecule has 6 heteroatoms. The van der Waals surface area contributed by atoms with Crippen LogP contribution in [-0.2, 0) is 28.6 Å². The molecule has 0 rings (SSSR count). The maximum Gasteiger partial charge on any atom is 0.306 e. The van der Waals surface area contributed by atoms with E-state index in [2.05, 4.69) is 45.1 Å². The second-order valence-electron chi connectivity index (χ2n) is 17.4. The Labute approximate surface area is 366 Å². The van der Waals surface area contributed by atoms with Crippen molar-refractivity contribution in [2.24, 2.45) is 0 Å². The third kappa shape index (κ3) is 46.8. The molecule has 0 aromatic heterocycles. The Morgan fingerprint density at radius 2 is 0.559 bits per heavy atom. The molecule has 0 aromatic rings. The van der Waals surface area contributed by atoms with Gasteiger partial charge in [-0.1, -0.05) is 212 Å². The number of rotatable bonds is 47. The summed E-state index contributed by atoms with van der Waals surface area (Å²) < 4.78 is 16.8. The SMILES string of the molecule is CCCCC/C=C\CCCCCCCC(=O)OC(COC(=O)CCCCCCCCC/C=C\CCCCCCCCC)COC(=O)CCCCCCCCCCCCC. The van der Waals surface area contributed by atoms with E-state index in [-0.39, 0.29) is 31.1 Å². The zero-order chi connectivity index (χ0) is 43.0. The molecule has 0 bridgehead atoms. The maximum atomic E-state index is 12.7. The standard InChI is InChI=1S/C53H98O6/c1-4-7-10-13-16-19-22-24-25-26-27-28-29-32-34-37-40-43-46-52(55)58-49-50(48-57-51(54)45-42-39-36-33-30-21-18-15-12-9-6-3)59-53(56)47-44-41-38-35-31-23-20-17-14-11-8-5-2/h17,20,25-26,50H,4-16,18-19,21-24,27-49H2,1-3H3/b20-17-,26-25-. The molecule has 0 aliphatic carbocycles. The molecular formula is C53H98O6. The molecule has 6 nitrogen and oxygen atoms in total. The van der Waals surface area contributed by atoms with Crippen LogP contribution in [-0.4, -0.2) is 37.2 Å². The molecule has 0 heterocycles. The van der Waals surface area contributed by atoms with Crippen molar-refractivity contribution in [3.63, 3.8) is 0 Å². The molecule has 0 saturated carbocycles. The average Bonchev–Trinajstić information content (AvgIpc) is 3.23. The van der Waals surface area contributed by atoms with E-state index >= 15 is 0 Å². The van der Waals surface area contributed by atoms with Crippen LogP contribution in [0.15, 0.2) is 24.3 Å². The highest BCUT2D eigenvalue weighted by molar-refractivity contribution is 5.71. The lowest BCUT2D eigenvalue weighted by Gasteiger charge is -2.18. The summed E-state index contributed by atoms with van der Waals surface area (Å²) in [5.41, 5.74) is 0. The lowest BCUT2D eigenvalue weighted by Crippen LogP contribution is -2.30. The Hall–Kier alpha value is -2.11. The smallest absolute Gasteiger partial charge is 0.306 e. The molecule has 0 aromatic carbocycles. The van der Waals surface area contributed by atoms with Crippen molar-refractivity contribution in [2.75, 3.05) is 13.2 Å². The lowest BCUT2D eigenvalue weighted by atomic mass is 10.1. The first kappa shape index (κ1) is 56.9. The summed E-state index contributed by atoms with van der Waals surface area (Å²) in [6.07, 6.45) is 54.4. The van der Waals surface area contributed by atoms with E-state index in [1.54, 1.807) is 0 Å². The summed E-state index contributed by atoms with van der Waals surface area (Å²) in [6.45, 7) is 6.62. The molecular weight excluding hydrogens is 733 g/mol. The number of carbonyl (C=O) groups is 3. The third-order valence-corrected chi connectivity index (χ3v) is 11.4. The minimum Gasteiger partial charge on any atom is -0.462 e. The van der Waals surface area contributed by atoms with Crippen LogP contribution in [0.5, 0.6) is 0 Å². The van der Waals surface area contributed by atoms with Crippen LogP contribution in [0.3, 0.4) is 0 Å². The van der Waals surface area contributed by atoms with Crippen LogP contribution in [0.25, 0.3) is 0 Å². The highest BCUT2D eigenvalue weighted by Crippen LogP contribution is 2.15. The molecule has 0 fully saturated rings. The van der Waals surface area contributed by atoms with Gasteiger partial charge in [-0.15, -0.1) is 0 Å². The fraction of sp³-hybridized carbons (Fsp3) is 0.868. The van der Waals surface area contributed by atoms with E-state index in [0.717, 1.165) is 64.2 Å². The molecule has 0 amide bonds. The molecule has 0 aliphatic rings. The third-order valence-electron chi connectivity index (χ3n) is 11.4. The zero-order valence-electron chi connectivity index (χ0n) is 39.5. The van der Waals surface area contributed by atoms with Crippen molar-refractivity contribution < 1.29 is 28.6 Å². The molecule has 346 valence electrons. The fourth-order valence-corrected chi connectivity index (χ4v) is 7.49. The van der Waals surface area contributed by atoms with E-state index in [0.29, 0.717) is 19.3 Å². The molecule has 0 aliphatic heterocycles. The van der Waals surface area contributed by atoms with Gasteiger partial charge in [0.05, 0.1) is 0 Å². The normalized spacial score (nSPS) is 12.1. The zero-order valence-corrected chi connectivity index (χ0v) is 39.5. The van der Waals surface area contributed by atoms with Crippen molar-refractivity contribution in [3.8, 4) is 0 Å². The topological polar surface area (TPSA) is 78.9 Å². The predicted octanol–water partition coefficient (Wildman–Crippen LogP) is 16.8. The second-order valence-corrected chi connectivity index (χ2v) is 17.4. The van der Waals surface area contributed by atoms with Gasteiger partial charge in [0, 0.05) is 19.3 Å². The number of hydrogen-bond acceptors (Lipinski definition) is 6. The van der Waals surface area contributed by atoms with Gasteiger partial charge in [0.25, 0.3) is 0 Å². The van der Waals surface area contributed by atoms with Gasteiger partial charge in [-0.3, -0.25) is 14.4 Å². The van der Waals surface area contributed by atoms with Crippen molar-refractivity contribution in [2.45, 2.75) is 284 Å². The van der Waals surface area contributed by atoms with Gasteiger partial charge in [-0.05, 0) is 70.6 Å². The van der Waals surface area contributed by atoms with Gasteiger partial charge in [-0.25, -0.2) is 0 Å². The first-order valence-corrected chi connectivity index (χ1v) is 25.8. The van der Waals surface area contributed by atoms with Crippen molar-refractivity contribution in [3.05, 3.63) is 24.3 Å². The molecule has 1 atom stereocenters. The van der Waals surface area contributed by atoms with E-state index < -0.39 is 6.10 Å². The van der Waals surface area contributed by atoms with Gasteiger partial charge in [0.1, 0.15) is 13.2 Å². The van der Waals surface area contributed by atoms with Gasteiger partial charge in [0.15, 0.2) is 6.10 Å². The summed E-state index contributed by atoms with van der Waals surface area (Å²) in [7, 11) is 0. The van der Waals surface area contributed by atoms with Crippen LogP contribution in [0, 0.1) is 0 Å². The summed E-state index contributed by atoms with van der Waals surface area (Å²) in [6, 6.07) is 0. The highest BCUT2D eigenvalue weighted by atomic mass is 16.6. The van der Waals surface area contributed by atoms with Crippen molar-refractivity contribution in [1.82, 2.24) is 0 Å². The van der Waals surface area contributed by atoms with Crippen molar-refractivity contribution >= 4 is 17.9 Å². The van der Waals surface area contributed by atoms with Crippen LogP contribution >= 0.6 is 0 Å². The molecule has 0 radical (unpaired) electrons. The minimum atomic E-state index is -0.771. The van der Waals surface area contributed by atoms with Gasteiger partial charge in [0.2, 0.25) is 0 Å². The number of carbonyl (C=O) groups excluding carboxylic acids is 3. The minimum absolute atomic E-state index is 0.0726. The molecule has 59 heavy (non-hydrogen) atoms. The van der Waals surface area contributed by atoms with Crippen molar-refractivity contribution in [1.29, 1.82) is 0 Å². The summed E-state index contributed by atoms with van der Waals surface area (Å²) in [5, 5.41) is 0. The number of ether oxygens (including phenoxy) is 3. The molecule has 0 N–H and O–H groups in total.